The highest BCUT2D eigenvalue weighted by molar-refractivity contribution is 5.99. The van der Waals surface area contributed by atoms with Gasteiger partial charge in [-0.2, -0.15) is 13.2 Å². The molecule has 3 aromatic heterocycles. The van der Waals surface area contributed by atoms with Crippen molar-refractivity contribution in [3.8, 4) is 17.3 Å². The molecule has 10 heteroatoms. The molecule has 0 aromatic carbocycles. The minimum Gasteiger partial charge on any atom is -0.472 e. The number of likely N-dealkylation sites (tertiary alicyclic amines) is 1. The largest absolute Gasteiger partial charge is 0.472 e. The van der Waals surface area contributed by atoms with E-state index >= 15 is 0 Å². The lowest BCUT2D eigenvalue weighted by atomic mass is 10.0. The lowest BCUT2D eigenvalue weighted by Crippen LogP contribution is -2.47. The van der Waals surface area contributed by atoms with Gasteiger partial charge in [-0.15, -0.1) is 0 Å². The number of carbonyl (C=O) groups is 1. The summed E-state index contributed by atoms with van der Waals surface area (Å²) in [7, 11) is 0. The molecule has 1 amide bonds. The summed E-state index contributed by atoms with van der Waals surface area (Å²) in [5, 5.41) is 0. The molecule has 1 aliphatic carbocycles. The maximum Gasteiger partial charge on any atom is 0.417 e. The minimum atomic E-state index is -4.46. The van der Waals surface area contributed by atoms with Crippen LogP contribution in [0.3, 0.4) is 0 Å². The van der Waals surface area contributed by atoms with Gasteiger partial charge in [0, 0.05) is 25.0 Å². The van der Waals surface area contributed by atoms with Crippen LogP contribution in [0, 0.1) is 12.8 Å². The Morgan fingerprint density at radius 2 is 2.00 bits per heavy atom. The minimum absolute atomic E-state index is 0.108. The molecule has 0 N–H and O–H groups in total. The monoisotopic (exact) mass is 444 g/mol. The van der Waals surface area contributed by atoms with Gasteiger partial charge in [-0.25, -0.2) is 9.97 Å². The van der Waals surface area contributed by atoms with E-state index in [9.17, 15) is 18.0 Å². The number of carbonyl (C=O) groups excluding carboxylic acids is 1. The molecule has 2 aliphatic rings. The number of halogens is 3. The van der Waals surface area contributed by atoms with Gasteiger partial charge in [0.05, 0.1) is 23.4 Å². The number of oxazole rings is 1. The van der Waals surface area contributed by atoms with E-state index in [0.29, 0.717) is 24.4 Å². The average molecular weight is 444 g/mol. The van der Waals surface area contributed by atoms with Gasteiger partial charge in [-0.05, 0) is 43.4 Å². The molecule has 0 spiro atoms. The third-order valence-corrected chi connectivity index (χ3v) is 6.03. The lowest BCUT2D eigenvalue weighted by molar-refractivity contribution is -0.137. The van der Waals surface area contributed by atoms with Gasteiger partial charge in [0.2, 0.25) is 11.8 Å². The van der Waals surface area contributed by atoms with E-state index in [4.69, 9.17) is 9.15 Å². The van der Waals surface area contributed by atoms with Crippen molar-refractivity contribution in [2.24, 2.45) is 5.92 Å². The van der Waals surface area contributed by atoms with Crippen molar-refractivity contribution in [1.29, 1.82) is 0 Å². The zero-order valence-electron chi connectivity index (χ0n) is 17.0. The Labute approximate surface area is 181 Å². The number of hydrogen-bond acceptors (Lipinski definition) is 6. The van der Waals surface area contributed by atoms with Crippen LogP contribution in [0.4, 0.5) is 13.2 Å². The zero-order chi connectivity index (χ0) is 22.5. The van der Waals surface area contributed by atoms with Crippen molar-refractivity contribution >= 4 is 5.91 Å². The first-order valence-corrected chi connectivity index (χ1v) is 10.2. The molecule has 2 fully saturated rings. The van der Waals surface area contributed by atoms with Crippen molar-refractivity contribution in [3.63, 3.8) is 0 Å². The van der Waals surface area contributed by atoms with Crippen LogP contribution in [0.25, 0.3) is 11.5 Å². The van der Waals surface area contributed by atoms with Crippen molar-refractivity contribution in [3.05, 3.63) is 59.9 Å². The van der Waals surface area contributed by atoms with Crippen molar-refractivity contribution in [2.75, 3.05) is 6.54 Å². The number of amides is 1. The molecule has 3 unspecified atom stereocenters. The highest BCUT2D eigenvalue weighted by Gasteiger charge is 2.49. The van der Waals surface area contributed by atoms with Crippen LogP contribution < -0.4 is 4.74 Å². The number of aromatic nitrogens is 3. The quantitative estimate of drug-likeness (QED) is 0.602. The summed E-state index contributed by atoms with van der Waals surface area (Å²) < 4.78 is 49.6. The maximum absolute atomic E-state index is 13.5. The molecule has 166 valence electrons. The number of fused-ring (bicyclic) bond motifs is 2. The third-order valence-electron chi connectivity index (χ3n) is 6.03. The molecule has 3 aromatic rings. The van der Waals surface area contributed by atoms with Crippen LogP contribution in [0.5, 0.6) is 5.88 Å². The SMILES string of the molecule is Cc1ccnc(C(=O)N2CC3CC(Oc4ccc(C(F)(F)F)cn4)C2C3)c1-c1ncco1. The van der Waals surface area contributed by atoms with Crippen molar-refractivity contribution < 1.29 is 27.1 Å². The van der Waals surface area contributed by atoms with Crippen LogP contribution in [0.1, 0.15) is 34.5 Å². The van der Waals surface area contributed by atoms with Crippen molar-refractivity contribution in [1.82, 2.24) is 19.9 Å². The van der Waals surface area contributed by atoms with Gasteiger partial charge >= 0.3 is 6.18 Å². The highest BCUT2D eigenvalue weighted by Crippen LogP contribution is 2.41. The van der Waals surface area contributed by atoms with E-state index in [-0.39, 0.29) is 35.5 Å². The Bertz CT molecular complexity index is 1130. The topological polar surface area (TPSA) is 81.4 Å². The molecule has 1 aliphatic heterocycles. The van der Waals surface area contributed by atoms with Crippen LogP contribution in [-0.4, -0.2) is 44.4 Å². The van der Waals surface area contributed by atoms with Gasteiger partial charge in [0.25, 0.3) is 5.91 Å². The number of aryl methyl sites for hydroxylation is 1. The van der Waals surface area contributed by atoms with E-state index < -0.39 is 11.7 Å². The van der Waals surface area contributed by atoms with Crippen LogP contribution in [-0.2, 0) is 6.18 Å². The summed E-state index contributed by atoms with van der Waals surface area (Å²) in [6.07, 6.45) is 1.94. The van der Waals surface area contributed by atoms with E-state index in [0.717, 1.165) is 24.2 Å². The van der Waals surface area contributed by atoms with Gasteiger partial charge in [-0.3, -0.25) is 9.78 Å². The molecule has 0 radical (unpaired) electrons. The van der Waals surface area contributed by atoms with Crippen LogP contribution >= 0.6 is 0 Å². The third kappa shape index (κ3) is 3.59. The second-order valence-corrected chi connectivity index (χ2v) is 8.09. The fourth-order valence-electron chi connectivity index (χ4n) is 4.57. The summed E-state index contributed by atoms with van der Waals surface area (Å²) in [5.41, 5.74) is 0.787. The first-order valence-electron chi connectivity index (χ1n) is 10.2. The fourth-order valence-corrected chi connectivity index (χ4v) is 4.57. The number of piperidine rings is 1. The molecule has 32 heavy (non-hydrogen) atoms. The lowest BCUT2D eigenvalue weighted by Gasteiger charge is -2.33. The van der Waals surface area contributed by atoms with E-state index in [1.807, 2.05) is 6.92 Å². The van der Waals surface area contributed by atoms with Crippen LogP contribution in [0.2, 0.25) is 0 Å². The summed E-state index contributed by atoms with van der Waals surface area (Å²) >= 11 is 0. The maximum atomic E-state index is 13.5. The first kappa shape index (κ1) is 20.5. The number of alkyl halides is 3. The summed E-state index contributed by atoms with van der Waals surface area (Å²) in [6.45, 7) is 2.43. The van der Waals surface area contributed by atoms with Gasteiger partial charge in [-0.1, -0.05) is 0 Å². The summed E-state index contributed by atoms with van der Waals surface area (Å²) in [5.74, 6) is 0.434. The summed E-state index contributed by atoms with van der Waals surface area (Å²) in [4.78, 5) is 27.5. The highest BCUT2D eigenvalue weighted by atomic mass is 19.4. The van der Waals surface area contributed by atoms with E-state index in [1.165, 1.54) is 18.5 Å². The Balaban J connectivity index is 1.37. The molecule has 3 atom stereocenters. The molecule has 2 bridgehead atoms. The smallest absolute Gasteiger partial charge is 0.417 e. The number of hydrogen-bond donors (Lipinski definition) is 0. The molecule has 5 rings (SSSR count). The fraction of sp³-hybridized carbons (Fsp3) is 0.364. The molecule has 4 heterocycles. The molecular formula is C22H19F3N4O3. The predicted molar refractivity (Wildman–Crippen MR) is 106 cm³/mol. The molecule has 1 saturated carbocycles. The van der Waals surface area contributed by atoms with Gasteiger partial charge in [0.1, 0.15) is 18.1 Å². The van der Waals surface area contributed by atoms with E-state index in [2.05, 4.69) is 15.0 Å². The number of rotatable bonds is 4. The first-order chi connectivity index (χ1) is 15.3. The summed E-state index contributed by atoms with van der Waals surface area (Å²) in [6, 6.07) is 3.73. The van der Waals surface area contributed by atoms with Gasteiger partial charge < -0.3 is 14.1 Å². The number of nitrogens with zero attached hydrogens (tertiary/aromatic N) is 4. The Morgan fingerprint density at radius 3 is 2.66 bits per heavy atom. The van der Waals surface area contributed by atoms with E-state index in [1.54, 1.807) is 17.2 Å². The zero-order valence-corrected chi connectivity index (χ0v) is 17.0. The van der Waals surface area contributed by atoms with Gasteiger partial charge in [0.15, 0.2) is 0 Å². The number of ether oxygens (including phenoxy) is 1. The molecule has 7 nitrogen and oxygen atoms in total. The second-order valence-electron chi connectivity index (χ2n) is 8.09. The Morgan fingerprint density at radius 1 is 1.16 bits per heavy atom. The molecular weight excluding hydrogens is 425 g/mol. The normalized spacial score (nSPS) is 22.4. The van der Waals surface area contributed by atoms with Crippen molar-refractivity contribution in [2.45, 2.75) is 38.1 Å². The standard InChI is InChI=1S/C22H19F3N4O3/c1-12-4-5-26-19(18(12)20-27-6-7-31-20)21(30)29-11-13-8-15(29)16(9-13)32-17-3-2-14(10-28-17)22(23,24)25/h2-7,10,13,15-16H,8-9,11H2,1H3. The van der Waals surface area contributed by atoms with Crippen LogP contribution in [0.15, 0.2) is 47.5 Å². The second kappa shape index (κ2) is 7.61. The average Bonchev–Trinajstić information content (AvgIpc) is 3.50. The predicted octanol–water partition coefficient (Wildman–Crippen LogP) is 4.14. The Kier molecular flexibility index (Phi) is 4.87. The Hall–Kier alpha value is -3.43. The molecule has 1 saturated heterocycles. The number of pyridine rings is 2.